The molecule has 1 atom stereocenters. The lowest BCUT2D eigenvalue weighted by Crippen LogP contribution is -2.08. The zero-order valence-electron chi connectivity index (χ0n) is 11.9. The highest BCUT2D eigenvalue weighted by molar-refractivity contribution is 6.10. The molecule has 9 nitrogen and oxygen atoms in total. The number of rotatable bonds is 7. The van der Waals surface area contributed by atoms with E-state index in [0.717, 1.165) is 12.1 Å². The Bertz CT molecular complexity index is 604. The maximum Gasteiger partial charge on any atom is 0.287 e. The van der Waals surface area contributed by atoms with Crippen molar-refractivity contribution in [2.75, 3.05) is 0 Å². The maximum atomic E-state index is 11.9. The summed E-state index contributed by atoms with van der Waals surface area (Å²) in [6, 6.07) is 2.31. The number of allylic oxidation sites excluding steroid dienone is 1. The number of carbonyl (C=O) groups is 1. The van der Waals surface area contributed by atoms with Gasteiger partial charge in [0.2, 0.25) is 5.78 Å². The quantitative estimate of drug-likeness (QED) is 0.204. The van der Waals surface area contributed by atoms with Crippen LogP contribution < -0.4 is 0 Å². The van der Waals surface area contributed by atoms with Crippen LogP contribution in [0.2, 0.25) is 0 Å². The highest BCUT2D eigenvalue weighted by Gasteiger charge is 2.31. The molecule has 0 spiro atoms. The molecule has 0 aromatic heterocycles. The third kappa shape index (κ3) is 3.64. The van der Waals surface area contributed by atoms with Crippen molar-refractivity contribution in [3.63, 3.8) is 0 Å². The molecule has 1 unspecified atom stereocenters. The maximum absolute atomic E-state index is 11.9. The molecule has 0 aliphatic heterocycles. The van der Waals surface area contributed by atoms with Crippen molar-refractivity contribution in [1.82, 2.24) is 0 Å². The SMILES string of the molecule is CCC(C)c1cc([N+](=O)[O-])c(C(=O)/C=C\OO)c([N+](=O)[O-])c1. The topological polar surface area (TPSA) is 133 Å². The molecule has 0 aliphatic rings. The minimum atomic E-state index is -1.01. The fourth-order valence-corrected chi connectivity index (χ4v) is 1.87. The van der Waals surface area contributed by atoms with E-state index in [0.29, 0.717) is 24.3 Å². The van der Waals surface area contributed by atoms with Gasteiger partial charge in [-0.05, 0) is 17.9 Å². The first-order valence-corrected chi connectivity index (χ1v) is 6.31. The number of nitrogens with zero attached hydrogens (tertiary/aromatic N) is 2. The lowest BCUT2D eigenvalue weighted by Gasteiger charge is -2.10. The van der Waals surface area contributed by atoms with Crippen LogP contribution >= 0.6 is 0 Å². The Morgan fingerprint density at radius 3 is 2.18 bits per heavy atom. The fourth-order valence-electron chi connectivity index (χ4n) is 1.87. The predicted octanol–water partition coefficient (Wildman–Crippen LogP) is 3.20. The van der Waals surface area contributed by atoms with Crippen molar-refractivity contribution in [1.29, 1.82) is 0 Å². The van der Waals surface area contributed by atoms with E-state index in [1.54, 1.807) is 6.92 Å². The zero-order valence-corrected chi connectivity index (χ0v) is 11.9. The van der Waals surface area contributed by atoms with Crippen molar-refractivity contribution >= 4 is 17.2 Å². The highest BCUT2D eigenvalue weighted by Crippen LogP contribution is 2.34. The minimum absolute atomic E-state index is 0.141. The first-order valence-electron chi connectivity index (χ1n) is 6.31. The van der Waals surface area contributed by atoms with Crippen LogP contribution in [-0.2, 0) is 4.89 Å². The molecule has 118 valence electrons. The molecular formula is C13H14N2O7. The number of ketones is 1. The monoisotopic (exact) mass is 310 g/mol. The van der Waals surface area contributed by atoms with Gasteiger partial charge in [-0.2, -0.15) is 0 Å². The van der Waals surface area contributed by atoms with Gasteiger partial charge in [0.25, 0.3) is 11.4 Å². The summed E-state index contributed by atoms with van der Waals surface area (Å²) in [5, 5.41) is 30.5. The van der Waals surface area contributed by atoms with E-state index in [4.69, 9.17) is 5.26 Å². The second-order valence-corrected chi connectivity index (χ2v) is 4.53. The molecule has 0 saturated carbocycles. The van der Waals surface area contributed by atoms with Crippen LogP contribution in [0.1, 0.15) is 42.1 Å². The van der Waals surface area contributed by atoms with Crippen LogP contribution in [0.15, 0.2) is 24.5 Å². The third-order valence-corrected chi connectivity index (χ3v) is 3.22. The van der Waals surface area contributed by atoms with E-state index in [-0.39, 0.29) is 5.92 Å². The van der Waals surface area contributed by atoms with E-state index in [9.17, 15) is 25.0 Å². The average Bonchev–Trinajstić information content (AvgIpc) is 2.50. The second-order valence-electron chi connectivity index (χ2n) is 4.53. The second kappa shape index (κ2) is 7.27. The van der Waals surface area contributed by atoms with E-state index < -0.39 is 32.6 Å². The Balaban J connectivity index is 3.64. The van der Waals surface area contributed by atoms with E-state index in [1.807, 2.05) is 6.92 Å². The predicted molar refractivity (Wildman–Crippen MR) is 75.6 cm³/mol. The fraction of sp³-hybridized carbons (Fsp3) is 0.308. The van der Waals surface area contributed by atoms with Crippen LogP contribution in [0, 0.1) is 20.2 Å². The molecule has 1 aromatic carbocycles. The van der Waals surface area contributed by atoms with Gasteiger partial charge in [0.1, 0.15) is 6.26 Å². The van der Waals surface area contributed by atoms with Gasteiger partial charge in [-0.25, -0.2) is 5.26 Å². The van der Waals surface area contributed by atoms with Crippen molar-refractivity contribution < 1.29 is 24.8 Å². The van der Waals surface area contributed by atoms with Crippen LogP contribution in [0.3, 0.4) is 0 Å². The first-order chi connectivity index (χ1) is 10.3. The number of benzene rings is 1. The lowest BCUT2D eigenvalue weighted by molar-refractivity contribution is -0.394. The molecule has 9 heteroatoms. The number of hydrogen-bond donors (Lipinski definition) is 1. The van der Waals surface area contributed by atoms with Crippen LogP contribution in [0.4, 0.5) is 11.4 Å². The molecule has 1 rings (SSSR count). The van der Waals surface area contributed by atoms with Gasteiger partial charge in [0.15, 0.2) is 5.56 Å². The number of nitro benzene ring substituents is 2. The van der Waals surface area contributed by atoms with Crippen molar-refractivity contribution in [2.45, 2.75) is 26.2 Å². The van der Waals surface area contributed by atoms with Gasteiger partial charge in [0.05, 0.1) is 9.85 Å². The Kier molecular flexibility index (Phi) is 5.70. The number of nitro groups is 2. The van der Waals surface area contributed by atoms with Crippen LogP contribution in [0.25, 0.3) is 0 Å². The first kappa shape index (κ1) is 17.2. The van der Waals surface area contributed by atoms with Crippen LogP contribution in [0.5, 0.6) is 0 Å². The largest absolute Gasteiger partial charge is 0.348 e. The van der Waals surface area contributed by atoms with Gasteiger partial charge >= 0.3 is 0 Å². The standard InChI is InChI=1S/C13H14N2O7/c1-3-8(2)9-6-10(14(17)18)13(11(7-9)15(19)20)12(16)4-5-22-21/h4-8,21H,3H2,1-2H3/b5-4-. The normalized spacial score (nSPS) is 12.1. The molecule has 0 fully saturated rings. The molecule has 0 heterocycles. The van der Waals surface area contributed by atoms with Crippen molar-refractivity contribution in [2.24, 2.45) is 0 Å². The Morgan fingerprint density at radius 2 is 1.82 bits per heavy atom. The Hall–Kier alpha value is -2.81. The molecule has 0 bridgehead atoms. The Morgan fingerprint density at radius 1 is 1.32 bits per heavy atom. The molecule has 0 saturated heterocycles. The summed E-state index contributed by atoms with van der Waals surface area (Å²) in [6.07, 6.45) is 1.86. The molecule has 0 aliphatic carbocycles. The van der Waals surface area contributed by atoms with Gasteiger partial charge in [-0.3, -0.25) is 25.0 Å². The molecule has 0 radical (unpaired) electrons. The summed E-state index contributed by atoms with van der Waals surface area (Å²) in [5.41, 5.74) is -1.57. The van der Waals surface area contributed by atoms with Crippen LogP contribution in [-0.4, -0.2) is 20.9 Å². The molecule has 0 amide bonds. The van der Waals surface area contributed by atoms with Gasteiger partial charge < -0.3 is 4.89 Å². The minimum Gasteiger partial charge on any atom is -0.348 e. The molecular weight excluding hydrogens is 296 g/mol. The van der Waals surface area contributed by atoms with E-state index >= 15 is 0 Å². The Labute approximate surface area is 125 Å². The van der Waals surface area contributed by atoms with Crippen molar-refractivity contribution in [3.8, 4) is 0 Å². The summed E-state index contributed by atoms with van der Waals surface area (Å²) < 4.78 is 0. The van der Waals surface area contributed by atoms with Gasteiger partial charge in [-0.1, -0.05) is 13.8 Å². The number of hydrogen-bond acceptors (Lipinski definition) is 7. The lowest BCUT2D eigenvalue weighted by atomic mass is 9.94. The van der Waals surface area contributed by atoms with E-state index in [2.05, 4.69) is 4.89 Å². The molecule has 1 aromatic rings. The number of carbonyl (C=O) groups excluding carboxylic acids is 1. The van der Waals surface area contributed by atoms with Gasteiger partial charge in [-0.15, -0.1) is 0 Å². The summed E-state index contributed by atoms with van der Waals surface area (Å²) >= 11 is 0. The summed E-state index contributed by atoms with van der Waals surface area (Å²) in [7, 11) is 0. The average molecular weight is 310 g/mol. The van der Waals surface area contributed by atoms with Gasteiger partial charge in [0, 0.05) is 18.2 Å². The smallest absolute Gasteiger partial charge is 0.287 e. The zero-order chi connectivity index (χ0) is 16.9. The molecule has 22 heavy (non-hydrogen) atoms. The summed E-state index contributed by atoms with van der Waals surface area (Å²) in [5.74, 6) is -1.15. The highest BCUT2D eigenvalue weighted by atomic mass is 17.1. The van der Waals surface area contributed by atoms with Crippen molar-refractivity contribution in [3.05, 3.63) is 55.8 Å². The summed E-state index contributed by atoms with van der Waals surface area (Å²) in [4.78, 5) is 36.1. The molecule has 1 N–H and O–H groups in total. The summed E-state index contributed by atoms with van der Waals surface area (Å²) in [6.45, 7) is 3.60. The van der Waals surface area contributed by atoms with E-state index in [1.165, 1.54) is 0 Å². The third-order valence-electron chi connectivity index (χ3n) is 3.22.